The number of allylic oxidation sites excluding steroid dienone is 2. The molecule has 0 fully saturated rings. The van der Waals surface area contributed by atoms with E-state index in [1.165, 1.54) is 4.68 Å². The van der Waals surface area contributed by atoms with Gasteiger partial charge in [-0.05, 0) is 24.1 Å². The van der Waals surface area contributed by atoms with E-state index in [0.29, 0.717) is 5.82 Å². The zero-order chi connectivity index (χ0) is 13.9. The van der Waals surface area contributed by atoms with Crippen molar-refractivity contribution in [2.45, 2.75) is 13.3 Å². The molecule has 100 valence electrons. The fraction of sp³-hybridized carbons (Fsp3) is 0.125. The third-order valence-corrected chi connectivity index (χ3v) is 3.09. The Balaban J connectivity index is 1.97. The average Bonchev–Trinajstić information content (AvgIpc) is 2.79. The molecule has 0 atom stereocenters. The number of H-pyrrole nitrogens is 1. The van der Waals surface area contributed by atoms with Crippen molar-refractivity contribution in [1.29, 1.82) is 0 Å². The van der Waals surface area contributed by atoms with Crippen molar-refractivity contribution in [2.75, 3.05) is 0 Å². The van der Waals surface area contributed by atoms with Gasteiger partial charge in [-0.3, -0.25) is 9.89 Å². The molecule has 0 saturated heterocycles. The third kappa shape index (κ3) is 2.54. The van der Waals surface area contributed by atoms with Crippen molar-refractivity contribution in [1.82, 2.24) is 9.78 Å². The largest absolute Gasteiger partial charge is 0.294 e. The van der Waals surface area contributed by atoms with Crippen LogP contribution < -0.4 is 5.56 Å². The minimum atomic E-state index is -0.0909. The van der Waals surface area contributed by atoms with Crippen molar-refractivity contribution in [3.63, 3.8) is 0 Å². The normalized spacial score (nSPS) is 16.4. The highest BCUT2D eigenvalue weighted by atomic mass is 16.1. The summed E-state index contributed by atoms with van der Waals surface area (Å²) >= 11 is 0. The van der Waals surface area contributed by atoms with Gasteiger partial charge in [0.2, 0.25) is 0 Å². The Kier molecular flexibility index (Phi) is 3.21. The predicted octanol–water partition coefficient (Wildman–Crippen LogP) is 2.84. The summed E-state index contributed by atoms with van der Waals surface area (Å²) in [6, 6.07) is 11.7. The Morgan fingerprint density at radius 1 is 1.30 bits per heavy atom. The standard InChI is InChI=1S/C16H15N3O/c1-12-9-16(20)19(18-12)15-11-14(7-8-17-15)10-13-5-3-2-4-6-13/h2-6,8-11,18H,7H2,1H3. The van der Waals surface area contributed by atoms with Gasteiger partial charge < -0.3 is 0 Å². The summed E-state index contributed by atoms with van der Waals surface area (Å²) in [7, 11) is 0. The minimum Gasteiger partial charge on any atom is -0.294 e. The predicted molar refractivity (Wildman–Crippen MR) is 81.6 cm³/mol. The molecule has 0 unspecified atom stereocenters. The molecule has 0 aliphatic carbocycles. The topological polar surface area (TPSA) is 50.1 Å². The van der Waals surface area contributed by atoms with E-state index in [0.717, 1.165) is 23.3 Å². The SMILES string of the molecule is Cc1cc(=O)n(C2=CC(=Cc3ccccc3)CC=N2)[nH]1. The molecule has 0 saturated carbocycles. The van der Waals surface area contributed by atoms with Gasteiger partial charge in [-0.15, -0.1) is 0 Å². The molecular weight excluding hydrogens is 250 g/mol. The Bertz CT molecular complexity index is 761. The molecular formula is C16H15N3O. The van der Waals surface area contributed by atoms with Gasteiger partial charge in [-0.1, -0.05) is 36.4 Å². The summed E-state index contributed by atoms with van der Waals surface area (Å²) in [5.74, 6) is 0.622. The van der Waals surface area contributed by atoms with Crippen LogP contribution in [0.4, 0.5) is 0 Å². The maximum Gasteiger partial charge on any atom is 0.272 e. The second-order valence-corrected chi connectivity index (χ2v) is 4.76. The number of aromatic amines is 1. The van der Waals surface area contributed by atoms with Gasteiger partial charge in [0.25, 0.3) is 5.56 Å². The van der Waals surface area contributed by atoms with Crippen LogP contribution in [0.3, 0.4) is 0 Å². The molecule has 20 heavy (non-hydrogen) atoms. The van der Waals surface area contributed by atoms with E-state index in [4.69, 9.17) is 0 Å². The van der Waals surface area contributed by atoms with Gasteiger partial charge in [0.1, 0.15) is 0 Å². The summed E-state index contributed by atoms with van der Waals surface area (Å²) in [4.78, 5) is 16.1. The van der Waals surface area contributed by atoms with Gasteiger partial charge in [0.05, 0.1) is 0 Å². The Hall–Kier alpha value is -2.62. The summed E-state index contributed by atoms with van der Waals surface area (Å²) in [6.07, 6.45) is 6.63. The minimum absolute atomic E-state index is 0.0909. The number of hydrogen-bond donors (Lipinski definition) is 1. The third-order valence-electron chi connectivity index (χ3n) is 3.09. The van der Waals surface area contributed by atoms with E-state index in [9.17, 15) is 4.79 Å². The van der Waals surface area contributed by atoms with Crippen molar-refractivity contribution in [3.8, 4) is 0 Å². The first-order chi connectivity index (χ1) is 9.72. The lowest BCUT2D eigenvalue weighted by Gasteiger charge is -2.09. The summed E-state index contributed by atoms with van der Waals surface area (Å²) in [5.41, 5.74) is 3.00. The fourth-order valence-electron chi connectivity index (χ4n) is 2.18. The number of rotatable bonds is 2. The Labute approximate surface area is 116 Å². The van der Waals surface area contributed by atoms with E-state index < -0.39 is 0 Å². The summed E-state index contributed by atoms with van der Waals surface area (Å²) in [6.45, 7) is 1.85. The zero-order valence-corrected chi connectivity index (χ0v) is 11.2. The van der Waals surface area contributed by atoms with Gasteiger partial charge in [-0.2, -0.15) is 0 Å². The zero-order valence-electron chi connectivity index (χ0n) is 11.2. The van der Waals surface area contributed by atoms with E-state index in [-0.39, 0.29) is 5.56 Å². The number of aromatic nitrogens is 2. The Morgan fingerprint density at radius 3 is 2.80 bits per heavy atom. The van der Waals surface area contributed by atoms with Crippen LogP contribution >= 0.6 is 0 Å². The van der Waals surface area contributed by atoms with Crippen molar-refractivity contribution >= 4 is 18.1 Å². The maximum absolute atomic E-state index is 11.8. The van der Waals surface area contributed by atoms with Crippen molar-refractivity contribution < 1.29 is 0 Å². The lowest BCUT2D eigenvalue weighted by atomic mass is 10.1. The monoisotopic (exact) mass is 265 g/mol. The molecule has 0 radical (unpaired) electrons. The second-order valence-electron chi connectivity index (χ2n) is 4.76. The van der Waals surface area contributed by atoms with E-state index in [1.54, 1.807) is 6.07 Å². The number of benzene rings is 1. The lowest BCUT2D eigenvalue weighted by molar-refractivity contribution is 0.839. The molecule has 0 spiro atoms. The van der Waals surface area contributed by atoms with Crippen LogP contribution in [-0.4, -0.2) is 16.0 Å². The molecule has 3 rings (SSSR count). The molecule has 0 bridgehead atoms. The summed E-state index contributed by atoms with van der Waals surface area (Å²) < 4.78 is 1.46. The molecule has 1 aromatic heterocycles. The van der Waals surface area contributed by atoms with Gasteiger partial charge in [0.15, 0.2) is 5.82 Å². The van der Waals surface area contributed by atoms with Crippen molar-refractivity contribution in [3.05, 3.63) is 69.7 Å². The smallest absolute Gasteiger partial charge is 0.272 e. The first-order valence-corrected chi connectivity index (χ1v) is 6.51. The molecule has 1 aromatic carbocycles. The van der Waals surface area contributed by atoms with Crippen LogP contribution in [0.15, 0.2) is 57.8 Å². The van der Waals surface area contributed by atoms with E-state index in [2.05, 4.69) is 28.3 Å². The number of nitrogens with one attached hydrogen (secondary N) is 1. The lowest BCUT2D eigenvalue weighted by Crippen LogP contribution is -2.15. The molecule has 1 N–H and O–H groups in total. The molecule has 0 amide bonds. The first kappa shape index (κ1) is 12.4. The number of nitrogens with zero attached hydrogens (tertiary/aromatic N) is 2. The van der Waals surface area contributed by atoms with Crippen LogP contribution in [0.1, 0.15) is 17.7 Å². The first-order valence-electron chi connectivity index (χ1n) is 6.51. The molecule has 4 heteroatoms. The van der Waals surface area contributed by atoms with Crippen LogP contribution in [-0.2, 0) is 0 Å². The fourth-order valence-corrected chi connectivity index (χ4v) is 2.18. The highest BCUT2D eigenvalue weighted by molar-refractivity contribution is 5.77. The van der Waals surface area contributed by atoms with Gasteiger partial charge in [0, 0.05) is 24.4 Å². The van der Waals surface area contributed by atoms with Crippen molar-refractivity contribution in [2.24, 2.45) is 4.99 Å². The van der Waals surface area contributed by atoms with Crippen LogP contribution in [0.5, 0.6) is 0 Å². The van der Waals surface area contributed by atoms with E-state index in [1.807, 2.05) is 37.4 Å². The highest BCUT2D eigenvalue weighted by Crippen LogP contribution is 2.18. The molecule has 4 nitrogen and oxygen atoms in total. The Morgan fingerprint density at radius 2 is 2.10 bits per heavy atom. The van der Waals surface area contributed by atoms with E-state index >= 15 is 0 Å². The number of aryl methyl sites for hydroxylation is 1. The van der Waals surface area contributed by atoms with Gasteiger partial charge >= 0.3 is 0 Å². The number of aliphatic imine (C=N–C) groups is 1. The van der Waals surface area contributed by atoms with Crippen LogP contribution in [0.25, 0.3) is 11.9 Å². The summed E-state index contributed by atoms with van der Waals surface area (Å²) in [5, 5.41) is 2.99. The quantitative estimate of drug-likeness (QED) is 0.891. The average molecular weight is 265 g/mol. The maximum atomic E-state index is 11.8. The van der Waals surface area contributed by atoms with Crippen LogP contribution in [0.2, 0.25) is 0 Å². The highest BCUT2D eigenvalue weighted by Gasteiger charge is 2.08. The second kappa shape index (κ2) is 5.17. The van der Waals surface area contributed by atoms with Gasteiger partial charge in [-0.25, -0.2) is 9.67 Å². The molecule has 1 aliphatic rings. The molecule has 1 aliphatic heterocycles. The molecule has 2 aromatic rings. The molecule has 2 heterocycles. The van der Waals surface area contributed by atoms with Crippen LogP contribution in [0, 0.1) is 6.92 Å². The number of hydrogen-bond acceptors (Lipinski definition) is 2.